The van der Waals surface area contributed by atoms with Gasteiger partial charge in [-0.2, -0.15) is 0 Å². The summed E-state index contributed by atoms with van der Waals surface area (Å²) < 4.78 is 0. The Kier molecular flexibility index (Phi) is 1.45. The van der Waals surface area contributed by atoms with Crippen molar-refractivity contribution < 1.29 is 0 Å². The molecule has 0 saturated heterocycles. The maximum Gasteiger partial charge on any atom is 0.101 e. The first-order valence-electron chi connectivity index (χ1n) is 4.90. The van der Waals surface area contributed by atoms with Gasteiger partial charge >= 0.3 is 0 Å². The SMILES string of the molecule is Nc1cc2c([nH]1)-c1ccccc1CC2. The van der Waals surface area contributed by atoms with E-state index in [-0.39, 0.29) is 0 Å². The second-order valence-corrected chi connectivity index (χ2v) is 3.78. The smallest absolute Gasteiger partial charge is 0.101 e. The van der Waals surface area contributed by atoms with Crippen LogP contribution < -0.4 is 5.73 Å². The van der Waals surface area contributed by atoms with E-state index < -0.39 is 0 Å². The normalized spacial score (nSPS) is 13.4. The average molecular weight is 184 g/mol. The molecule has 1 aromatic carbocycles. The number of hydrogen-bond acceptors (Lipinski definition) is 1. The van der Waals surface area contributed by atoms with E-state index in [0.29, 0.717) is 0 Å². The summed E-state index contributed by atoms with van der Waals surface area (Å²) in [6, 6.07) is 10.6. The van der Waals surface area contributed by atoms with Crippen molar-refractivity contribution >= 4 is 5.82 Å². The van der Waals surface area contributed by atoms with Gasteiger partial charge in [-0.05, 0) is 30.0 Å². The lowest BCUT2D eigenvalue weighted by atomic mass is 9.91. The summed E-state index contributed by atoms with van der Waals surface area (Å²) in [4.78, 5) is 3.23. The Morgan fingerprint density at radius 3 is 2.79 bits per heavy atom. The highest BCUT2D eigenvalue weighted by atomic mass is 14.9. The van der Waals surface area contributed by atoms with E-state index in [4.69, 9.17) is 5.73 Å². The van der Waals surface area contributed by atoms with Crippen molar-refractivity contribution in [2.75, 3.05) is 5.73 Å². The molecular weight excluding hydrogens is 172 g/mol. The minimum absolute atomic E-state index is 0.770. The largest absolute Gasteiger partial charge is 0.385 e. The number of aromatic amines is 1. The molecule has 14 heavy (non-hydrogen) atoms. The quantitative estimate of drug-likeness (QED) is 0.648. The highest BCUT2D eigenvalue weighted by Gasteiger charge is 2.16. The summed E-state index contributed by atoms with van der Waals surface area (Å²) in [6.07, 6.45) is 2.22. The van der Waals surface area contributed by atoms with E-state index in [0.717, 1.165) is 18.7 Å². The molecule has 3 N–H and O–H groups in total. The van der Waals surface area contributed by atoms with Crippen molar-refractivity contribution in [3.8, 4) is 11.3 Å². The Labute approximate surface area is 82.8 Å². The molecule has 2 nitrogen and oxygen atoms in total. The van der Waals surface area contributed by atoms with E-state index in [1.54, 1.807) is 0 Å². The van der Waals surface area contributed by atoms with Crippen molar-refractivity contribution in [1.29, 1.82) is 0 Å². The zero-order chi connectivity index (χ0) is 9.54. The van der Waals surface area contributed by atoms with Crippen LogP contribution in [0.4, 0.5) is 5.82 Å². The Morgan fingerprint density at radius 2 is 1.86 bits per heavy atom. The lowest BCUT2D eigenvalue weighted by Gasteiger charge is -2.15. The molecule has 70 valence electrons. The zero-order valence-electron chi connectivity index (χ0n) is 7.88. The first-order chi connectivity index (χ1) is 6.84. The number of H-pyrrole nitrogens is 1. The van der Waals surface area contributed by atoms with Crippen LogP contribution >= 0.6 is 0 Å². The van der Waals surface area contributed by atoms with Crippen LogP contribution in [-0.4, -0.2) is 4.98 Å². The lowest BCUT2D eigenvalue weighted by molar-refractivity contribution is 0.942. The minimum Gasteiger partial charge on any atom is -0.385 e. The molecule has 0 radical (unpaired) electrons. The molecule has 1 aromatic heterocycles. The van der Waals surface area contributed by atoms with Crippen LogP contribution in [0, 0.1) is 0 Å². The number of nitrogens with one attached hydrogen (secondary N) is 1. The second-order valence-electron chi connectivity index (χ2n) is 3.78. The molecule has 1 aliphatic carbocycles. The van der Waals surface area contributed by atoms with Crippen LogP contribution in [0.25, 0.3) is 11.3 Å². The highest BCUT2D eigenvalue weighted by Crippen LogP contribution is 2.33. The van der Waals surface area contributed by atoms with Gasteiger partial charge in [0.25, 0.3) is 0 Å². The predicted octanol–water partition coefficient (Wildman–Crippen LogP) is 2.36. The minimum atomic E-state index is 0.770. The number of nitrogen functional groups attached to an aromatic ring is 1. The zero-order valence-corrected chi connectivity index (χ0v) is 7.88. The molecule has 1 aliphatic rings. The highest BCUT2D eigenvalue weighted by molar-refractivity contribution is 5.72. The van der Waals surface area contributed by atoms with E-state index in [9.17, 15) is 0 Å². The predicted molar refractivity (Wildman–Crippen MR) is 58.0 cm³/mol. The molecule has 2 heteroatoms. The standard InChI is InChI=1S/C12H12N2/c13-11-7-9-6-5-8-3-1-2-4-10(8)12(9)14-11/h1-4,7,14H,5-6,13H2. The van der Waals surface area contributed by atoms with Gasteiger partial charge in [0.1, 0.15) is 5.82 Å². The molecule has 3 rings (SSSR count). The first-order valence-corrected chi connectivity index (χ1v) is 4.90. The van der Waals surface area contributed by atoms with Gasteiger partial charge in [0, 0.05) is 5.56 Å². The van der Waals surface area contributed by atoms with Gasteiger partial charge < -0.3 is 10.7 Å². The number of anilines is 1. The second kappa shape index (κ2) is 2.64. The van der Waals surface area contributed by atoms with Gasteiger partial charge in [0.2, 0.25) is 0 Å². The van der Waals surface area contributed by atoms with Gasteiger partial charge in [-0.25, -0.2) is 0 Å². The third-order valence-electron chi connectivity index (χ3n) is 2.87. The maximum atomic E-state index is 5.76. The molecule has 0 fully saturated rings. The molecule has 0 aliphatic heterocycles. The Hall–Kier alpha value is -1.70. The number of rotatable bonds is 0. The summed E-state index contributed by atoms with van der Waals surface area (Å²) in [5.41, 5.74) is 11.0. The average Bonchev–Trinajstić information content (AvgIpc) is 2.59. The topological polar surface area (TPSA) is 41.8 Å². The van der Waals surface area contributed by atoms with Crippen molar-refractivity contribution in [3.05, 3.63) is 41.5 Å². The summed E-state index contributed by atoms with van der Waals surface area (Å²) in [7, 11) is 0. The molecule has 0 amide bonds. The number of aryl methyl sites for hydroxylation is 2. The van der Waals surface area contributed by atoms with Crippen LogP contribution in [0.5, 0.6) is 0 Å². The van der Waals surface area contributed by atoms with Crippen LogP contribution in [0.1, 0.15) is 11.1 Å². The first kappa shape index (κ1) is 7.68. The molecular formula is C12H12N2. The van der Waals surface area contributed by atoms with E-state index in [2.05, 4.69) is 29.2 Å². The van der Waals surface area contributed by atoms with Crippen molar-refractivity contribution in [3.63, 3.8) is 0 Å². The fraction of sp³-hybridized carbons (Fsp3) is 0.167. The van der Waals surface area contributed by atoms with Crippen LogP contribution in [0.3, 0.4) is 0 Å². The molecule has 0 unspecified atom stereocenters. The van der Waals surface area contributed by atoms with Gasteiger partial charge in [-0.15, -0.1) is 0 Å². The van der Waals surface area contributed by atoms with E-state index >= 15 is 0 Å². The third-order valence-corrected chi connectivity index (χ3v) is 2.87. The van der Waals surface area contributed by atoms with Crippen LogP contribution in [-0.2, 0) is 12.8 Å². The van der Waals surface area contributed by atoms with Crippen LogP contribution in [0.15, 0.2) is 30.3 Å². The lowest BCUT2D eigenvalue weighted by Crippen LogP contribution is -2.01. The van der Waals surface area contributed by atoms with Gasteiger partial charge in [-0.3, -0.25) is 0 Å². The van der Waals surface area contributed by atoms with Gasteiger partial charge in [0.15, 0.2) is 0 Å². The molecule has 0 saturated carbocycles. The van der Waals surface area contributed by atoms with Crippen molar-refractivity contribution in [2.24, 2.45) is 0 Å². The number of hydrogen-bond donors (Lipinski definition) is 2. The molecule has 0 spiro atoms. The van der Waals surface area contributed by atoms with Crippen molar-refractivity contribution in [1.82, 2.24) is 4.98 Å². The Balaban J connectivity index is 2.28. The molecule has 0 atom stereocenters. The molecule has 1 heterocycles. The van der Waals surface area contributed by atoms with Crippen LogP contribution in [0.2, 0.25) is 0 Å². The maximum absolute atomic E-state index is 5.76. The number of benzene rings is 1. The van der Waals surface area contributed by atoms with Crippen molar-refractivity contribution in [2.45, 2.75) is 12.8 Å². The number of fused-ring (bicyclic) bond motifs is 3. The Bertz CT molecular complexity index is 483. The van der Waals surface area contributed by atoms with E-state index in [1.807, 2.05) is 6.07 Å². The Morgan fingerprint density at radius 1 is 1.07 bits per heavy atom. The summed E-state index contributed by atoms with van der Waals surface area (Å²) >= 11 is 0. The summed E-state index contributed by atoms with van der Waals surface area (Å²) in [6.45, 7) is 0. The van der Waals surface area contributed by atoms with Gasteiger partial charge in [0.05, 0.1) is 5.69 Å². The number of nitrogens with two attached hydrogens (primary N) is 1. The van der Waals surface area contributed by atoms with Gasteiger partial charge in [-0.1, -0.05) is 24.3 Å². The third kappa shape index (κ3) is 0.970. The monoisotopic (exact) mass is 184 g/mol. The molecule has 2 aromatic rings. The van der Waals surface area contributed by atoms with E-state index in [1.165, 1.54) is 22.4 Å². The molecule has 0 bridgehead atoms. The summed E-state index contributed by atoms with van der Waals surface area (Å²) in [5, 5.41) is 0. The fourth-order valence-electron chi connectivity index (χ4n) is 2.21. The number of aromatic nitrogens is 1. The summed E-state index contributed by atoms with van der Waals surface area (Å²) in [5.74, 6) is 0.770. The fourth-order valence-corrected chi connectivity index (χ4v) is 2.21.